The smallest absolute Gasteiger partial charge is 0.232 e. The van der Waals surface area contributed by atoms with Gasteiger partial charge in [0.2, 0.25) is 5.88 Å². The van der Waals surface area contributed by atoms with Crippen LogP contribution in [-0.2, 0) is 0 Å². The van der Waals surface area contributed by atoms with Crippen LogP contribution >= 0.6 is 11.6 Å². The molecule has 2 aromatic carbocycles. The van der Waals surface area contributed by atoms with Crippen LogP contribution in [0.1, 0.15) is 32.7 Å². The van der Waals surface area contributed by atoms with Crippen LogP contribution in [0.4, 0.5) is 10.1 Å². The fourth-order valence-electron chi connectivity index (χ4n) is 3.51. The first-order chi connectivity index (χ1) is 14.5. The molecule has 2 heterocycles. The lowest BCUT2D eigenvalue weighted by Gasteiger charge is -2.21. The molecular weight excluding hydrogens is 407 g/mol. The number of benzene rings is 2. The topological polar surface area (TPSA) is 59.5 Å². The minimum absolute atomic E-state index is 0.113. The van der Waals surface area contributed by atoms with E-state index in [0.29, 0.717) is 40.7 Å². The molecule has 0 aliphatic carbocycles. The standard InChI is InChI=1S/C23H18ClFN2O3/c24-20-2-1-10-26-23(20)30-19-9-11-27(13-19)21-8-5-16(12-17(21)14-28)22(29)15-3-6-18(25)7-4-15/h1-8,10,12,14,19H,9,11,13H2/t19-/m0/s1. The fraction of sp³-hybridized carbons (Fsp3) is 0.174. The van der Waals surface area contributed by atoms with Crippen LogP contribution in [0.2, 0.25) is 5.02 Å². The van der Waals surface area contributed by atoms with Gasteiger partial charge >= 0.3 is 0 Å². The van der Waals surface area contributed by atoms with E-state index in [0.717, 1.165) is 18.4 Å². The Kier molecular flexibility index (Phi) is 5.77. The first-order valence-electron chi connectivity index (χ1n) is 9.47. The second-order valence-corrected chi connectivity index (χ2v) is 7.40. The number of halogens is 2. The molecule has 0 saturated carbocycles. The van der Waals surface area contributed by atoms with Gasteiger partial charge < -0.3 is 9.64 Å². The van der Waals surface area contributed by atoms with Crippen molar-refractivity contribution in [3.63, 3.8) is 0 Å². The molecule has 4 rings (SSSR count). The molecule has 0 bridgehead atoms. The van der Waals surface area contributed by atoms with Gasteiger partial charge in [-0.3, -0.25) is 9.59 Å². The Labute approximate surface area is 178 Å². The van der Waals surface area contributed by atoms with Crippen molar-refractivity contribution in [2.45, 2.75) is 12.5 Å². The number of hydrogen-bond acceptors (Lipinski definition) is 5. The van der Waals surface area contributed by atoms with Gasteiger partial charge in [-0.2, -0.15) is 0 Å². The monoisotopic (exact) mass is 424 g/mol. The summed E-state index contributed by atoms with van der Waals surface area (Å²) >= 11 is 6.11. The van der Waals surface area contributed by atoms with Crippen molar-refractivity contribution in [1.29, 1.82) is 0 Å². The van der Waals surface area contributed by atoms with E-state index in [2.05, 4.69) is 4.98 Å². The molecule has 152 valence electrons. The molecule has 7 heteroatoms. The van der Waals surface area contributed by atoms with Crippen LogP contribution in [0.3, 0.4) is 0 Å². The maximum atomic E-state index is 13.1. The molecule has 0 spiro atoms. The minimum atomic E-state index is -0.409. The Morgan fingerprint density at radius 2 is 1.93 bits per heavy atom. The first-order valence-corrected chi connectivity index (χ1v) is 9.84. The predicted octanol–water partition coefficient (Wildman–Crippen LogP) is 4.58. The summed E-state index contributed by atoms with van der Waals surface area (Å²) in [5, 5.41) is 0.452. The van der Waals surface area contributed by atoms with Gasteiger partial charge in [-0.15, -0.1) is 0 Å². The zero-order valence-corrected chi connectivity index (χ0v) is 16.7. The van der Waals surface area contributed by atoms with E-state index in [9.17, 15) is 14.0 Å². The summed E-state index contributed by atoms with van der Waals surface area (Å²) in [5.74, 6) is -0.285. The van der Waals surface area contributed by atoms with Crippen molar-refractivity contribution in [2.24, 2.45) is 0 Å². The third-order valence-corrected chi connectivity index (χ3v) is 5.30. The number of hydrogen-bond donors (Lipinski definition) is 0. The predicted molar refractivity (Wildman–Crippen MR) is 112 cm³/mol. The van der Waals surface area contributed by atoms with Gasteiger partial charge in [0.15, 0.2) is 12.1 Å². The van der Waals surface area contributed by atoms with Gasteiger partial charge in [0, 0.05) is 41.5 Å². The normalized spacial score (nSPS) is 15.8. The number of ether oxygens (including phenoxy) is 1. The molecule has 1 aromatic heterocycles. The summed E-state index contributed by atoms with van der Waals surface area (Å²) in [6, 6.07) is 13.8. The molecule has 0 unspecified atom stereocenters. The van der Waals surface area contributed by atoms with Gasteiger partial charge in [0.1, 0.15) is 16.9 Å². The summed E-state index contributed by atoms with van der Waals surface area (Å²) in [7, 11) is 0. The molecule has 0 N–H and O–H groups in total. The van der Waals surface area contributed by atoms with E-state index in [-0.39, 0.29) is 11.9 Å². The summed E-state index contributed by atoms with van der Waals surface area (Å²) in [6.45, 7) is 1.26. The van der Waals surface area contributed by atoms with E-state index in [1.54, 1.807) is 36.5 Å². The first kappa shape index (κ1) is 20.0. The summed E-state index contributed by atoms with van der Waals surface area (Å²) in [4.78, 5) is 30.6. The van der Waals surface area contributed by atoms with Crippen LogP contribution in [0.5, 0.6) is 5.88 Å². The zero-order chi connectivity index (χ0) is 21.1. The Bertz CT molecular complexity index is 1090. The maximum absolute atomic E-state index is 13.1. The van der Waals surface area contributed by atoms with E-state index in [1.807, 2.05) is 4.90 Å². The molecule has 1 saturated heterocycles. The highest BCUT2D eigenvalue weighted by molar-refractivity contribution is 6.31. The number of aromatic nitrogens is 1. The minimum Gasteiger partial charge on any atom is -0.471 e. The highest BCUT2D eigenvalue weighted by Crippen LogP contribution is 2.29. The van der Waals surface area contributed by atoms with Crippen LogP contribution in [0.25, 0.3) is 0 Å². The van der Waals surface area contributed by atoms with E-state index in [4.69, 9.17) is 16.3 Å². The Morgan fingerprint density at radius 1 is 1.17 bits per heavy atom. The van der Waals surface area contributed by atoms with Crippen LogP contribution in [0, 0.1) is 5.82 Å². The number of anilines is 1. The van der Waals surface area contributed by atoms with Gasteiger partial charge in [0.05, 0.1) is 6.54 Å². The van der Waals surface area contributed by atoms with Crippen molar-refractivity contribution in [3.05, 3.63) is 88.3 Å². The molecular formula is C23H18ClFN2O3. The largest absolute Gasteiger partial charge is 0.471 e. The summed E-state index contributed by atoms with van der Waals surface area (Å²) in [6.07, 6.45) is 2.99. The molecule has 0 amide bonds. The third-order valence-electron chi connectivity index (χ3n) is 5.01. The number of aldehydes is 1. The Morgan fingerprint density at radius 3 is 2.67 bits per heavy atom. The number of ketones is 1. The van der Waals surface area contributed by atoms with Gasteiger partial charge in [0.25, 0.3) is 0 Å². The van der Waals surface area contributed by atoms with Crippen molar-refractivity contribution in [3.8, 4) is 5.88 Å². The lowest BCUT2D eigenvalue weighted by molar-refractivity contribution is 0.103. The zero-order valence-electron chi connectivity index (χ0n) is 15.9. The summed E-state index contributed by atoms with van der Waals surface area (Å²) in [5.41, 5.74) is 1.89. The quantitative estimate of drug-likeness (QED) is 0.428. The second-order valence-electron chi connectivity index (χ2n) is 6.99. The van der Waals surface area contributed by atoms with Crippen molar-refractivity contribution in [1.82, 2.24) is 4.98 Å². The molecule has 30 heavy (non-hydrogen) atoms. The Hall–Kier alpha value is -3.25. The lowest BCUT2D eigenvalue weighted by Crippen LogP contribution is -2.25. The highest BCUT2D eigenvalue weighted by atomic mass is 35.5. The van der Waals surface area contributed by atoms with Crippen molar-refractivity contribution < 1.29 is 18.7 Å². The van der Waals surface area contributed by atoms with E-state index < -0.39 is 5.82 Å². The number of carbonyl (C=O) groups is 2. The van der Waals surface area contributed by atoms with Crippen LogP contribution in [0.15, 0.2) is 60.8 Å². The maximum Gasteiger partial charge on any atom is 0.232 e. The number of carbonyl (C=O) groups excluding carboxylic acids is 2. The van der Waals surface area contributed by atoms with Crippen molar-refractivity contribution >= 4 is 29.4 Å². The molecule has 1 fully saturated rings. The molecule has 3 aromatic rings. The van der Waals surface area contributed by atoms with Gasteiger partial charge in [-0.05, 0) is 54.6 Å². The third kappa shape index (κ3) is 4.19. The van der Waals surface area contributed by atoms with Crippen LogP contribution in [-0.4, -0.2) is 36.2 Å². The van der Waals surface area contributed by atoms with Crippen LogP contribution < -0.4 is 9.64 Å². The summed E-state index contributed by atoms with van der Waals surface area (Å²) < 4.78 is 19.0. The van der Waals surface area contributed by atoms with E-state index in [1.165, 1.54) is 24.3 Å². The number of nitrogens with zero attached hydrogens (tertiary/aromatic N) is 2. The SMILES string of the molecule is O=Cc1cc(C(=O)c2ccc(F)cc2)ccc1N1CC[C@H](Oc2ncccc2Cl)C1. The fourth-order valence-corrected chi connectivity index (χ4v) is 3.67. The lowest BCUT2D eigenvalue weighted by atomic mass is 10.0. The molecule has 5 nitrogen and oxygen atoms in total. The van der Waals surface area contributed by atoms with Gasteiger partial charge in [-0.25, -0.2) is 9.37 Å². The average Bonchev–Trinajstić information content (AvgIpc) is 3.23. The number of rotatable bonds is 6. The molecule has 1 aliphatic rings. The highest BCUT2D eigenvalue weighted by Gasteiger charge is 2.27. The Balaban J connectivity index is 1.51. The number of pyridine rings is 1. The van der Waals surface area contributed by atoms with Crippen molar-refractivity contribution in [2.75, 3.05) is 18.0 Å². The second kappa shape index (κ2) is 8.63. The molecule has 1 atom stereocenters. The molecule has 0 radical (unpaired) electrons. The van der Waals surface area contributed by atoms with Gasteiger partial charge in [-0.1, -0.05) is 11.6 Å². The average molecular weight is 425 g/mol. The van der Waals surface area contributed by atoms with E-state index >= 15 is 0 Å². The molecule has 1 aliphatic heterocycles.